The minimum absolute atomic E-state index is 0.0616. The Morgan fingerprint density at radius 3 is 2.54 bits per heavy atom. The summed E-state index contributed by atoms with van der Waals surface area (Å²) in [6.45, 7) is 0. The van der Waals surface area contributed by atoms with Crippen LogP contribution in [0, 0.1) is 5.92 Å². The molecular formula is C20H14N2O5S. The van der Waals surface area contributed by atoms with Crippen molar-refractivity contribution in [3.63, 3.8) is 0 Å². The lowest BCUT2D eigenvalue weighted by Crippen LogP contribution is -2.39. The minimum atomic E-state index is -0.781. The van der Waals surface area contributed by atoms with Crippen molar-refractivity contribution in [3.8, 4) is 11.5 Å². The van der Waals surface area contributed by atoms with E-state index in [9.17, 15) is 19.5 Å². The van der Waals surface area contributed by atoms with Crippen LogP contribution in [0.3, 0.4) is 0 Å². The van der Waals surface area contributed by atoms with Crippen LogP contribution in [0.2, 0.25) is 0 Å². The first-order valence-electron chi connectivity index (χ1n) is 8.61. The predicted octanol–water partition coefficient (Wildman–Crippen LogP) is 1.87. The van der Waals surface area contributed by atoms with Crippen LogP contribution in [0.15, 0.2) is 59.1 Å². The third-order valence-corrected chi connectivity index (χ3v) is 6.48. The monoisotopic (exact) mass is 394 g/mol. The van der Waals surface area contributed by atoms with Gasteiger partial charge in [0.05, 0.1) is 22.2 Å². The second-order valence-corrected chi connectivity index (χ2v) is 7.96. The molecule has 0 bridgehead atoms. The maximum atomic E-state index is 13.3. The first-order valence-corrected chi connectivity index (χ1v) is 9.49. The number of amides is 2. The maximum absolute atomic E-state index is 13.3. The molecule has 0 unspecified atom stereocenters. The molecule has 1 fully saturated rings. The fourth-order valence-electron chi connectivity index (χ4n) is 4.07. The number of fused-ring (bicyclic) bond motifs is 5. The zero-order valence-electron chi connectivity index (χ0n) is 14.4. The molecule has 0 radical (unpaired) electrons. The van der Waals surface area contributed by atoms with Crippen molar-refractivity contribution in [1.82, 2.24) is 0 Å². The molecule has 28 heavy (non-hydrogen) atoms. The van der Waals surface area contributed by atoms with E-state index >= 15 is 0 Å². The molecule has 3 aliphatic heterocycles. The number of hydrogen-bond acceptors (Lipinski definition) is 7. The number of hydrogen-bond donors (Lipinski definition) is 2. The zero-order chi connectivity index (χ0) is 19.6. The van der Waals surface area contributed by atoms with Gasteiger partial charge in [-0.05, 0) is 18.2 Å². The van der Waals surface area contributed by atoms with Crippen LogP contribution in [-0.4, -0.2) is 28.1 Å². The molecule has 2 amide bonds. The summed E-state index contributed by atoms with van der Waals surface area (Å²) in [4.78, 5) is 40.1. The highest BCUT2D eigenvalue weighted by Crippen LogP contribution is 2.54. The van der Waals surface area contributed by atoms with E-state index < -0.39 is 23.1 Å². The van der Waals surface area contributed by atoms with Crippen LogP contribution in [-0.2, 0) is 14.4 Å². The van der Waals surface area contributed by atoms with Crippen LogP contribution in [0.1, 0.15) is 11.5 Å². The molecule has 3 aliphatic rings. The molecule has 1 saturated heterocycles. The quantitative estimate of drug-likeness (QED) is 0.432. The lowest BCUT2D eigenvalue weighted by atomic mass is 9.77. The number of phenolic OH excluding ortho intramolecular Hbond substituents is 1. The summed E-state index contributed by atoms with van der Waals surface area (Å²) in [5.41, 5.74) is 7.36. The van der Waals surface area contributed by atoms with Gasteiger partial charge in [0.15, 0.2) is 0 Å². The van der Waals surface area contributed by atoms with Crippen molar-refractivity contribution >= 4 is 35.2 Å². The van der Waals surface area contributed by atoms with Gasteiger partial charge in [-0.15, -0.1) is 0 Å². The number of benzene rings is 2. The summed E-state index contributed by atoms with van der Waals surface area (Å²) in [7, 11) is 0. The molecule has 3 atom stereocenters. The molecule has 2 aromatic rings. The van der Waals surface area contributed by atoms with Gasteiger partial charge in [-0.1, -0.05) is 36.0 Å². The largest absolute Gasteiger partial charge is 0.508 e. The normalized spacial score (nSPS) is 25.9. The van der Waals surface area contributed by atoms with Crippen LogP contribution in [0.5, 0.6) is 11.5 Å². The number of imide groups is 1. The van der Waals surface area contributed by atoms with E-state index in [0.717, 1.165) is 11.8 Å². The van der Waals surface area contributed by atoms with E-state index in [0.29, 0.717) is 11.3 Å². The summed E-state index contributed by atoms with van der Waals surface area (Å²) in [5.74, 6) is -2.76. The fourth-order valence-corrected chi connectivity index (χ4v) is 5.31. The van der Waals surface area contributed by atoms with E-state index in [-0.39, 0.29) is 33.9 Å². The standard InChI is InChI=1S/C20H14N2O5S/c21-17-15-13(11-7-6-10(23)8-12(11)27-20(15)26)14-16(28-17)19(25)22(18(14)24)9-4-2-1-3-5-9/h1-8,13-14,16,23H,21H2/t13-,14-,16+/m1/s1. The number of ether oxygens (including phenoxy) is 1. The van der Waals surface area contributed by atoms with Crippen molar-refractivity contribution in [2.45, 2.75) is 11.2 Å². The van der Waals surface area contributed by atoms with Crippen LogP contribution in [0.4, 0.5) is 5.69 Å². The van der Waals surface area contributed by atoms with Crippen molar-refractivity contribution in [3.05, 3.63) is 64.7 Å². The van der Waals surface area contributed by atoms with Gasteiger partial charge in [0.25, 0.3) is 0 Å². The van der Waals surface area contributed by atoms with Gasteiger partial charge in [0, 0.05) is 17.5 Å². The molecule has 140 valence electrons. The van der Waals surface area contributed by atoms with Gasteiger partial charge in [0.2, 0.25) is 11.8 Å². The molecule has 2 aromatic carbocycles. The van der Waals surface area contributed by atoms with Gasteiger partial charge < -0.3 is 15.6 Å². The number of nitrogens with zero attached hydrogens (tertiary/aromatic N) is 1. The van der Waals surface area contributed by atoms with Gasteiger partial charge in [-0.25, -0.2) is 9.69 Å². The summed E-state index contributed by atoms with van der Waals surface area (Å²) >= 11 is 1.03. The molecule has 0 saturated carbocycles. The van der Waals surface area contributed by atoms with E-state index in [1.807, 2.05) is 0 Å². The highest BCUT2D eigenvalue weighted by Gasteiger charge is 2.58. The smallest absolute Gasteiger partial charge is 0.342 e. The number of para-hydroxylation sites is 1. The topological polar surface area (TPSA) is 110 Å². The van der Waals surface area contributed by atoms with Gasteiger partial charge in [0.1, 0.15) is 16.7 Å². The summed E-state index contributed by atoms with van der Waals surface area (Å²) in [6.07, 6.45) is 0. The van der Waals surface area contributed by atoms with Crippen molar-refractivity contribution in [2.75, 3.05) is 4.90 Å². The number of rotatable bonds is 1. The second kappa shape index (κ2) is 5.87. The maximum Gasteiger partial charge on any atom is 0.342 e. The summed E-state index contributed by atoms with van der Waals surface area (Å²) in [6, 6.07) is 13.1. The van der Waals surface area contributed by atoms with Gasteiger partial charge in [-0.3, -0.25) is 9.59 Å². The van der Waals surface area contributed by atoms with Crippen molar-refractivity contribution < 1.29 is 24.2 Å². The number of esters is 1. The first kappa shape index (κ1) is 16.9. The molecule has 0 aromatic heterocycles. The zero-order valence-corrected chi connectivity index (χ0v) is 15.2. The van der Waals surface area contributed by atoms with Crippen molar-refractivity contribution in [1.29, 1.82) is 0 Å². The molecule has 3 N–H and O–H groups in total. The van der Waals surface area contributed by atoms with E-state index in [1.165, 1.54) is 17.0 Å². The third kappa shape index (κ3) is 2.21. The second-order valence-electron chi connectivity index (χ2n) is 6.78. The third-order valence-electron chi connectivity index (χ3n) is 5.25. The Hall–Kier alpha value is -3.26. The molecule has 0 spiro atoms. The van der Waals surface area contributed by atoms with Crippen molar-refractivity contribution in [2.24, 2.45) is 11.7 Å². The summed E-state index contributed by atoms with van der Waals surface area (Å²) in [5, 5.41) is 9.19. The fraction of sp³-hybridized carbons (Fsp3) is 0.150. The molecular weight excluding hydrogens is 380 g/mol. The Morgan fingerprint density at radius 1 is 1.04 bits per heavy atom. The van der Waals surface area contributed by atoms with Gasteiger partial charge in [-0.2, -0.15) is 0 Å². The highest BCUT2D eigenvalue weighted by atomic mass is 32.2. The van der Waals surface area contributed by atoms with E-state index in [4.69, 9.17) is 10.5 Å². The Bertz CT molecular complexity index is 1080. The van der Waals surface area contributed by atoms with Gasteiger partial charge >= 0.3 is 5.97 Å². The lowest BCUT2D eigenvalue weighted by molar-refractivity contribution is -0.131. The number of anilines is 1. The van der Waals surface area contributed by atoms with E-state index in [1.54, 1.807) is 36.4 Å². The Kier molecular flexibility index (Phi) is 3.54. The number of nitrogens with two attached hydrogens (primary N) is 1. The molecule has 5 rings (SSSR count). The van der Waals surface area contributed by atoms with Crippen LogP contribution >= 0.6 is 11.8 Å². The SMILES string of the molecule is NC1=C2C(=O)Oc3cc(O)ccc3[C@@H]2[C@H]2C(=O)N(c3ccccc3)C(=O)[C@H]2S1. The predicted molar refractivity (Wildman–Crippen MR) is 102 cm³/mol. The minimum Gasteiger partial charge on any atom is -0.508 e. The number of aromatic hydroxyl groups is 1. The number of carbonyl (C=O) groups excluding carboxylic acids is 3. The Labute approximate surface area is 163 Å². The molecule has 3 heterocycles. The average Bonchev–Trinajstić information content (AvgIpc) is 2.92. The first-order chi connectivity index (χ1) is 13.5. The molecule has 8 heteroatoms. The number of phenols is 1. The van der Waals surface area contributed by atoms with Crippen LogP contribution < -0.4 is 15.4 Å². The Balaban J connectivity index is 1.68. The lowest BCUT2D eigenvalue weighted by Gasteiger charge is -2.36. The highest BCUT2D eigenvalue weighted by molar-refractivity contribution is 8.04. The number of thioether (sulfide) groups is 1. The molecule has 7 nitrogen and oxygen atoms in total. The Morgan fingerprint density at radius 2 is 1.79 bits per heavy atom. The molecule has 0 aliphatic carbocycles. The number of carbonyl (C=O) groups is 3. The van der Waals surface area contributed by atoms with E-state index in [2.05, 4.69) is 0 Å². The summed E-state index contributed by atoms with van der Waals surface area (Å²) < 4.78 is 5.31. The van der Waals surface area contributed by atoms with Crippen LogP contribution in [0.25, 0.3) is 0 Å². The average molecular weight is 394 g/mol.